The van der Waals surface area contributed by atoms with Crippen molar-refractivity contribution in [1.82, 2.24) is 4.90 Å². The standard InChI is InChI=1S/C16H17NO3S/c1-11-2-7-14(20-11)10-17-15(19)8-9-21-16(17)12-3-5-13(18)6-4-12/h2-7,16,18H,8-10H2,1H3. The Kier molecular flexibility index (Phi) is 3.92. The van der Waals surface area contributed by atoms with Crippen LogP contribution in [0.15, 0.2) is 40.8 Å². The molecule has 2 heterocycles. The molecule has 0 saturated carbocycles. The van der Waals surface area contributed by atoms with Crippen LogP contribution >= 0.6 is 11.8 Å². The maximum atomic E-state index is 12.3. The fourth-order valence-corrected chi connectivity index (χ4v) is 3.68. The van der Waals surface area contributed by atoms with E-state index in [9.17, 15) is 9.90 Å². The first kappa shape index (κ1) is 14.1. The number of furan rings is 1. The molecular formula is C16H17NO3S. The Balaban J connectivity index is 1.85. The molecule has 4 nitrogen and oxygen atoms in total. The SMILES string of the molecule is Cc1ccc(CN2C(=O)CCSC2c2ccc(O)cc2)o1. The van der Waals surface area contributed by atoms with Crippen molar-refractivity contribution in [1.29, 1.82) is 0 Å². The topological polar surface area (TPSA) is 53.7 Å². The fourth-order valence-electron chi connectivity index (χ4n) is 2.45. The minimum absolute atomic E-state index is 0.0303. The van der Waals surface area contributed by atoms with E-state index in [-0.39, 0.29) is 17.0 Å². The molecule has 1 saturated heterocycles. The molecule has 0 radical (unpaired) electrons. The molecule has 0 aliphatic carbocycles. The van der Waals surface area contributed by atoms with E-state index in [0.717, 1.165) is 22.8 Å². The van der Waals surface area contributed by atoms with Crippen molar-refractivity contribution in [3.8, 4) is 5.75 Å². The fraction of sp³-hybridized carbons (Fsp3) is 0.312. The second kappa shape index (κ2) is 5.85. The number of rotatable bonds is 3. The molecule has 1 atom stereocenters. The van der Waals surface area contributed by atoms with Crippen LogP contribution in [0.4, 0.5) is 0 Å². The van der Waals surface area contributed by atoms with E-state index in [1.54, 1.807) is 23.9 Å². The number of aryl methyl sites for hydroxylation is 1. The molecule has 1 aromatic carbocycles. The zero-order valence-corrected chi connectivity index (χ0v) is 12.6. The number of phenolic OH excluding ortho intramolecular Hbond substituents is 1. The van der Waals surface area contributed by atoms with Gasteiger partial charge in [-0.1, -0.05) is 12.1 Å². The van der Waals surface area contributed by atoms with Crippen LogP contribution < -0.4 is 0 Å². The second-order valence-corrected chi connectivity index (χ2v) is 6.29. The summed E-state index contributed by atoms with van der Waals surface area (Å²) in [5.74, 6) is 2.84. The minimum atomic E-state index is -0.0303. The van der Waals surface area contributed by atoms with Gasteiger partial charge in [-0.2, -0.15) is 0 Å². The number of hydrogen-bond acceptors (Lipinski definition) is 4. The first-order chi connectivity index (χ1) is 10.1. The molecule has 1 fully saturated rings. The van der Waals surface area contributed by atoms with Crippen LogP contribution in [0.2, 0.25) is 0 Å². The first-order valence-corrected chi connectivity index (χ1v) is 7.93. The van der Waals surface area contributed by atoms with Gasteiger partial charge in [0.15, 0.2) is 0 Å². The number of thioether (sulfide) groups is 1. The van der Waals surface area contributed by atoms with Crippen LogP contribution in [0.5, 0.6) is 5.75 Å². The van der Waals surface area contributed by atoms with Gasteiger partial charge in [0, 0.05) is 12.2 Å². The van der Waals surface area contributed by atoms with Gasteiger partial charge in [0.1, 0.15) is 22.6 Å². The predicted molar refractivity (Wildman–Crippen MR) is 81.9 cm³/mol. The quantitative estimate of drug-likeness (QED) is 0.943. The van der Waals surface area contributed by atoms with Gasteiger partial charge in [-0.05, 0) is 36.8 Å². The lowest BCUT2D eigenvalue weighted by molar-refractivity contribution is -0.133. The summed E-state index contributed by atoms with van der Waals surface area (Å²) in [4.78, 5) is 14.1. The maximum absolute atomic E-state index is 12.3. The lowest BCUT2D eigenvalue weighted by atomic mass is 10.2. The average molecular weight is 303 g/mol. The van der Waals surface area contributed by atoms with Gasteiger partial charge in [-0.3, -0.25) is 4.79 Å². The van der Waals surface area contributed by atoms with E-state index in [1.165, 1.54) is 0 Å². The molecule has 5 heteroatoms. The molecule has 1 unspecified atom stereocenters. The number of carbonyl (C=O) groups excluding carboxylic acids is 1. The molecule has 1 N–H and O–H groups in total. The number of nitrogens with zero attached hydrogens (tertiary/aromatic N) is 1. The molecule has 3 rings (SSSR count). The summed E-state index contributed by atoms with van der Waals surface area (Å²) in [5, 5.41) is 9.38. The van der Waals surface area contributed by atoms with E-state index in [1.807, 2.05) is 36.1 Å². The third kappa shape index (κ3) is 3.08. The summed E-state index contributed by atoms with van der Waals surface area (Å²) in [6.07, 6.45) is 0.555. The second-order valence-electron chi connectivity index (χ2n) is 5.10. The Morgan fingerprint density at radius 2 is 2.05 bits per heavy atom. The summed E-state index contributed by atoms with van der Waals surface area (Å²) in [7, 11) is 0. The minimum Gasteiger partial charge on any atom is -0.508 e. The van der Waals surface area contributed by atoms with Gasteiger partial charge < -0.3 is 14.4 Å². The van der Waals surface area contributed by atoms with Crippen molar-refractivity contribution in [2.24, 2.45) is 0 Å². The van der Waals surface area contributed by atoms with E-state index in [4.69, 9.17) is 4.42 Å². The van der Waals surface area contributed by atoms with Gasteiger partial charge in [-0.15, -0.1) is 11.8 Å². The first-order valence-electron chi connectivity index (χ1n) is 6.89. The maximum Gasteiger partial charge on any atom is 0.224 e. The predicted octanol–water partition coefficient (Wildman–Crippen LogP) is 3.46. The van der Waals surface area contributed by atoms with Crippen LogP contribution in [0, 0.1) is 6.92 Å². The van der Waals surface area contributed by atoms with Gasteiger partial charge in [-0.25, -0.2) is 0 Å². The molecule has 21 heavy (non-hydrogen) atoms. The van der Waals surface area contributed by atoms with Crippen molar-refractivity contribution in [3.63, 3.8) is 0 Å². The molecular weight excluding hydrogens is 286 g/mol. The van der Waals surface area contributed by atoms with Gasteiger partial charge in [0.25, 0.3) is 0 Å². The Morgan fingerprint density at radius 1 is 1.29 bits per heavy atom. The zero-order chi connectivity index (χ0) is 14.8. The van der Waals surface area contributed by atoms with Crippen LogP contribution in [0.3, 0.4) is 0 Å². The summed E-state index contributed by atoms with van der Waals surface area (Å²) >= 11 is 1.74. The summed E-state index contributed by atoms with van der Waals surface area (Å²) in [6.45, 7) is 2.37. The molecule has 0 bridgehead atoms. The highest BCUT2D eigenvalue weighted by Gasteiger charge is 2.30. The summed E-state index contributed by atoms with van der Waals surface area (Å²) in [6, 6.07) is 10.9. The summed E-state index contributed by atoms with van der Waals surface area (Å²) < 4.78 is 5.59. The lowest BCUT2D eigenvalue weighted by Gasteiger charge is -2.34. The molecule has 2 aromatic rings. The molecule has 0 spiro atoms. The summed E-state index contributed by atoms with van der Waals surface area (Å²) in [5.41, 5.74) is 1.02. The lowest BCUT2D eigenvalue weighted by Crippen LogP contribution is -2.36. The van der Waals surface area contributed by atoms with Gasteiger partial charge in [0.2, 0.25) is 5.91 Å². The highest BCUT2D eigenvalue weighted by molar-refractivity contribution is 7.99. The van der Waals surface area contributed by atoms with Crippen LogP contribution in [-0.4, -0.2) is 21.7 Å². The molecule has 110 valence electrons. The normalized spacial score (nSPS) is 19.0. The Labute approximate surface area is 127 Å². The van der Waals surface area contributed by atoms with E-state index in [0.29, 0.717) is 13.0 Å². The monoisotopic (exact) mass is 303 g/mol. The number of phenols is 1. The number of hydrogen-bond donors (Lipinski definition) is 1. The Bertz CT molecular complexity index is 635. The molecule has 1 aromatic heterocycles. The largest absolute Gasteiger partial charge is 0.508 e. The average Bonchev–Trinajstić information content (AvgIpc) is 2.88. The number of carbonyl (C=O) groups is 1. The molecule has 1 aliphatic heterocycles. The van der Waals surface area contributed by atoms with Crippen molar-refractivity contribution >= 4 is 17.7 Å². The Morgan fingerprint density at radius 3 is 2.71 bits per heavy atom. The smallest absolute Gasteiger partial charge is 0.224 e. The highest BCUT2D eigenvalue weighted by atomic mass is 32.2. The highest BCUT2D eigenvalue weighted by Crippen LogP contribution is 2.38. The van der Waals surface area contributed by atoms with Gasteiger partial charge >= 0.3 is 0 Å². The van der Waals surface area contributed by atoms with Crippen LogP contribution in [0.1, 0.15) is 28.9 Å². The third-order valence-electron chi connectivity index (χ3n) is 3.50. The number of aromatic hydroxyl groups is 1. The third-order valence-corrected chi connectivity index (χ3v) is 4.78. The van der Waals surface area contributed by atoms with Crippen molar-refractivity contribution in [2.75, 3.05) is 5.75 Å². The Hall–Kier alpha value is -1.88. The van der Waals surface area contributed by atoms with E-state index >= 15 is 0 Å². The number of benzene rings is 1. The number of amides is 1. The van der Waals surface area contributed by atoms with Crippen LogP contribution in [-0.2, 0) is 11.3 Å². The molecule has 1 amide bonds. The zero-order valence-electron chi connectivity index (χ0n) is 11.8. The molecule has 1 aliphatic rings. The van der Waals surface area contributed by atoms with Crippen molar-refractivity contribution in [3.05, 3.63) is 53.5 Å². The van der Waals surface area contributed by atoms with Crippen molar-refractivity contribution < 1.29 is 14.3 Å². The van der Waals surface area contributed by atoms with E-state index < -0.39 is 0 Å². The van der Waals surface area contributed by atoms with Gasteiger partial charge in [0.05, 0.1) is 6.54 Å². The van der Waals surface area contributed by atoms with Crippen LogP contribution in [0.25, 0.3) is 0 Å². The van der Waals surface area contributed by atoms with Crippen molar-refractivity contribution in [2.45, 2.75) is 25.3 Å². The van der Waals surface area contributed by atoms with E-state index in [2.05, 4.69) is 0 Å².